The molecule has 1 N–H and O–H groups in total. The Labute approximate surface area is 131 Å². The second kappa shape index (κ2) is 8.25. The van der Waals surface area contributed by atoms with Crippen molar-refractivity contribution >= 4 is 17.6 Å². The second-order valence-corrected chi connectivity index (χ2v) is 6.22. The molecule has 21 heavy (non-hydrogen) atoms. The minimum atomic E-state index is -0.525. The predicted molar refractivity (Wildman–Crippen MR) is 82.6 cm³/mol. The minimum absolute atomic E-state index is 0.197. The summed E-state index contributed by atoms with van der Waals surface area (Å²) >= 11 is 5.42. The van der Waals surface area contributed by atoms with Crippen LogP contribution in [0.1, 0.15) is 38.9 Å². The molecule has 0 radical (unpaired) electrons. The zero-order valence-corrected chi connectivity index (χ0v) is 13.5. The molecule has 1 atom stereocenters. The maximum atomic E-state index is 11.1. The van der Waals surface area contributed by atoms with Gasteiger partial charge in [-0.1, -0.05) is 32.9 Å². The normalized spacial score (nSPS) is 12.8. The van der Waals surface area contributed by atoms with Gasteiger partial charge in [0.05, 0.1) is 12.5 Å². The zero-order chi connectivity index (χ0) is 15.9. The van der Waals surface area contributed by atoms with Crippen LogP contribution in [0.25, 0.3) is 0 Å². The summed E-state index contributed by atoms with van der Waals surface area (Å²) < 4.78 is 10.4. The highest BCUT2D eigenvalue weighted by Crippen LogP contribution is 2.32. The molecule has 4 nitrogen and oxygen atoms in total. The maximum Gasteiger partial charge on any atom is 0.307 e. The van der Waals surface area contributed by atoms with E-state index in [4.69, 9.17) is 21.1 Å². The standard InChI is InChI=1S/C16H23ClO4/c1-16(2,3)15(19)12-4-6-13(7-5-12)20-10-11-21-14(18)8-9-17/h4-7,15,19H,8-11H2,1-3H3. The Balaban J connectivity index is 2.40. The average molecular weight is 315 g/mol. The summed E-state index contributed by atoms with van der Waals surface area (Å²) in [5, 5.41) is 10.2. The molecule has 0 aliphatic carbocycles. The van der Waals surface area contributed by atoms with Crippen molar-refractivity contribution in [2.75, 3.05) is 19.1 Å². The number of carbonyl (C=O) groups is 1. The fraction of sp³-hybridized carbons (Fsp3) is 0.562. The maximum absolute atomic E-state index is 11.1. The van der Waals surface area contributed by atoms with Crippen LogP contribution in [-0.4, -0.2) is 30.2 Å². The van der Waals surface area contributed by atoms with Crippen LogP contribution < -0.4 is 4.74 Å². The Morgan fingerprint density at radius 2 is 1.86 bits per heavy atom. The summed E-state index contributed by atoms with van der Waals surface area (Å²) in [6, 6.07) is 7.27. The van der Waals surface area contributed by atoms with E-state index in [0.29, 0.717) is 5.75 Å². The molecule has 0 heterocycles. The highest BCUT2D eigenvalue weighted by Gasteiger charge is 2.23. The van der Waals surface area contributed by atoms with Gasteiger partial charge in [0.2, 0.25) is 0 Å². The minimum Gasteiger partial charge on any atom is -0.490 e. The van der Waals surface area contributed by atoms with Crippen molar-refractivity contribution in [3.05, 3.63) is 29.8 Å². The molecule has 1 aromatic carbocycles. The summed E-state index contributed by atoms with van der Waals surface area (Å²) in [6.45, 7) is 6.43. The van der Waals surface area contributed by atoms with Gasteiger partial charge in [0.15, 0.2) is 0 Å². The third kappa shape index (κ3) is 6.36. The lowest BCUT2D eigenvalue weighted by Crippen LogP contribution is -2.17. The van der Waals surface area contributed by atoms with E-state index in [1.807, 2.05) is 32.9 Å². The highest BCUT2D eigenvalue weighted by molar-refractivity contribution is 6.18. The largest absolute Gasteiger partial charge is 0.490 e. The van der Waals surface area contributed by atoms with Crippen LogP contribution >= 0.6 is 11.6 Å². The Morgan fingerprint density at radius 3 is 2.38 bits per heavy atom. The third-order valence-corrected chi connectivity index (χ3v) is 3.12. The second-order valence-electron chi connectivity index (χ2n) is 5.85. The van der Waals surface area contributed by atoms with Gasteiger partial charge in [0.1, 0.15) is 19.0 Å². The van der Waals surface area contributed by atoms with Gasteiger partial charge >= 0.3 is 5.97 Å². The van der Waals surface area contributed by atoms with Gasteiger partial charge in [-0.3, -0.25) is 4.79 Å². The summed E-state index contributed by atoms with van der Waals surface area (Å²) in [5.74, 6) is 0.613. The number of esters is 1. The SMILES string of the molecule is CC(C)(C)C(O)c1ccc(OCCOC(=O)CCCl)cc1. The van der Waals surface area contributed by atoms with Gasteiger partial charge in [-0.05, 0) is 23.1 Å². The zero-order valence-electron chi connectivity index (χ0n) is 12.8. The van der Waals surface area contributed by atoms with E-state index >= 15 is 0 Å². The molecule has 5 heteroatoms. The van der Waals surface area contributed by atoms with Crippen molar-refractivity contribution in [2.45, 2.75) is 33.3 Å². The smallest absolute Gasteiger partial charge is 0.307 e. The summed E-state index contributed by atoms with van der Waals surface area (Å²) in [6.07, 6.45) is -0.316. The number of aliphatic hydroxyl groups is 1. The van der Waals surface area contributed by atoms with Crippen LogP contribution in [0.4, 0.5) is 0 Å². The van der Waals surface area contributed by atoms with E-state index in [-0.39, 0.29) is 36.9 Å². The molecule has 0 aliphatic heterocycles. The molecule has 0 amide bonds. The molecule has 118 valence electrons. The fourth-order valence-electron chi connectivity index (χ4n) is 1.71. The number of carbonyl (C=O) groups excluding carboxylic acids is 1. The Morgan fingerprint density at radius 1 is 1.24 bits per heavy atom. The Hall–Kier alpha value is -1.26. The van der Waals surface area contributed by atoms with Gasteiger partial charge in [-0.2, -0.15) is 0 Å². The van der Waals surface area contributed by atoms with Crippen LogP contribution in [0.5, 0.6) is 5.75 Å². The fourth-order valence-corrected chi connectivity index (χ4v) is 1.86. The number of ether oxygens (including phenoxy) is 2. The number of hydrogen-bond donors (Lipinski definition) is 1. The Kier molecular flexibility index (Phi) is 6.99. The molecule has 0 aliphatic rings. The van der Waals surface area contributed by atoms with Gasteiger partial charge in [0, 0.05) is 5.88 Å². The molecule has 0 saturated carbocycles. The lowest BCUT2D eigenvalue weighted by atomic mass is 9.85. The van der Waals surface area contributed by atoms with Crippen molar-refractivity contribution in [1.29, 1.82) is 0 Å². The van der Waals surface area contributed by atoms with Crippen molar-refractivity contribution in [1.82, 2.24) is 0 Å². The topological polar surface area (TPSA) is 55.8 Å². The van der Waals surface area contributed by atoms with E-state index in [1.54, 1.807) is 12.1 Å². The lowest BCUT2D eigenvalue weighted by Gasteiger charge is -2.26. The predicted octanol–water partition coefficient (Wildman–Crippen LogP) is 3.32. The third-order valence-electron chi connectivity index (χ3n) is 2.93. The quantitative estimate of drug-likeness (QED) is 0.476. The molecule has 1 aromatic rings. The number of aliphatic hydroxyl groups excluding tert-OH is 1. The van der Waals surface area contributed by atoms with Crippen molar-refractivity contribution in [3.8, 4) is 5.75 Å². The first kappa shape index (κ1) is 17.8. The van der Waals surface area contributed by atoms with E-state index in [1.165, 1.54) is 0 Å². The summed E-state index contributed by atoms with van der Waals surface area (Å²) in [4.78, 5) is 11.1. The van der Waals surface area contributed by atoms with E-state index in [0.717, 1.165) is 5.56 Å². The molecule has 0 bridgehead atoms. The Bertz CT molecular complexity index is 437. The van der Waals surface area contributed by atoms with Gasteiger partial charge in [0.25, 0.3) is 0 Å². The number of alkyl halides is 1. The first-order valence-electron chi connectivity index (χ1n) is 6.97. The van der Waals surface area contributed by atoms with Crippen LogP contribution in [0.2, 0.25) is 0 Å². The van der Waals surface area contributed by atoms with Crippen LogP contribution in [0.15, 0.2) is 24.3 Å². The van der Waals surface area contributed by atoms with Gasteiger partial charge in [-0.15, -0.1) is 11.6 Å². The van der Waals surface area contributed by atoms with Crippen LogP contribution in [0.3, 0.4) is 0 Å². The molecule has 0 aromatic heterocycles. The van der Waals surface area contributed by atoms with Crippen molar-refractivity contribution in [3.63, 3.8) is 0 Å². The molecule has 0 fully saturated rings. The molecule has 1 unspecified atom stereocenters. The molecular weight excluding hydrogens is 292 g/mol. The van der Waals surface area contributed by atoms with Gasteiger partial charge < -0.3 is 14.6 Å². The van der Waals surface area contributed by atoms with E-state index < -0.39 is 6.10 Å². The van der Waals surface area contributed by atoms with Crippen LogP contribution in [0, 0.1) is 5.41 Å². The van der Waals surface area contributed by atoms with Crippen molar-refractivity contribution in [2.24, 2.45) is 5.41 Å². The first-order chi connectivity index (χ1) is 9.84. The summed E-state index contributed by atoms with van der Waals surface area (Å²) in [7, 11) is 0. The number of halogens is 1. The number of hydrogen-bond acceptors (Lipinski definition) is 4. The summed E-state index contributed by atoms with van der Waals surface area (Å²) in [5.41, 5.74) is 0.641. The average Bonchev–Trinajstić information content (AvgIpc) is 2.43. The molecule has 0 spiro atoms. The first-order valence-corrected chi connectivity index (χ1v) is 7.50. The van der Waals surface area contributed by atoms with E-state index in [9.17, 15) is 9.90 Å². The van der Waals surface area contributed by atoms with E-state index in [2.05, 4.69) is 0 Å². The number of benzene rings is 1. The monoisotopic (exact) mass is 314 g/mol. The van der Waals surface area contributed by atoms with Crippen LogP contribution in [-0.2, 0) is 9.53 Å². The molecule has 0 saturated heterocycles. The lowest BCUT2D eigenvalue weighted by molar-refractivity contribution is -0.143. The highest BCUT2D eigenvalue weighted by atomic mass is 35.5. The van der Waals surface area contributed by atoms with Crippen molar-refractivity contribution < 1.29 is 19.4 Å². The number of rotatable bonds is 7. The van der Waals surface area contributed by atoms with Gasteiger partial charge in [-0.25, -0.2) is 0 Å². The molecule has 1 rings (SSSR count). The molecular formula is C16H23ClO4.